The van der Waals surface area contributed by atoms with E-state index < -0.39 is 0 Å². The van der Waals surface area contributed by atoms with Crippen LogP contribution in [0.2, 0.25) is 0 Å². The summed E-state index contributed by atoms with van der Waals surface area (Å²) in [6, 6.07) is 4.58. The molecule has 2 amide bonds. The van der Waals surface area contributed by atoms with Crippen LogP contribution < -0.4 is 10.6 Å². The number of methoxy groups -OCH3 is 1. The van der Waals surface area contributed by atoms with Crippen LogP contribution in [0.3, 0.4) is 0 Å². The maximum atomic E-state index is 13.6. The molecule has 5 nitrogen and oxygen atoms in total. The molecule has 6 heteroatoms. The van der Waals surface area contributed by atoms with E-state index in [-0.39, 0.29) is 37.0 Å². The van der Waals surface area contributed by atoms with Crippen molar-refractivity contribution >= 4 is 6.03 Å². The van der Waals surface area contributed by atoms with Crippen LogP contribution >= 0.6 is 0 Å². The number of carbonyl (C=O) groups is 1. The second-order valence-corrected chi connectivity index (χ2v) is 6.89. The summed E-state index contributed by atoms with van der Waals surface area (Å²) in [6.07, 6.45) is 3.40. The fourth-order valence-electron chi connectivity index (χ4n) is 4.29. The zero-order valence-electron chi connectivity index (χ0n) is 13.9. The van der Waals surface area contributed by atoms with E-state index in [2.05, 4.69) is 10.6 Å². The van der Waals surface area contributed by atoms with Crippen LogP contribution in [0.25, 0.3) is 0 Å². The van der Waals surface area contributed by atoms with Gasteiger partial charge in [0, 0.05) is 37.8 Å². The maximum Gasteiger partial charge on any atom is 0.315 e. The first-order valence-electron chi connectivity index (χ1n) is 8.53. The van der Waals surface area contributed by atoms with Gasteiger partial charge >= 0.3 is 6.03 Å². The van der Waals surface area contributed by atoms with Crippen LogP contribution in [0.1, 0.15) is 30.4 Å². The SMILES string of the molecule is COCc1cc(CNC(=O)NC2C3CCC(C3)C2CO)ccc1F. The van der Waals surface area contributed by atoms with Gasteiger partial charge in [0.05, 0.1) is 6.61 Å². The summed E-state index contributed by atoms with van der Waals surface area (Å²) in [5.74, 6) is 0.891. The van der Waals surface area contributed by atoms with Crippen molar-refractivity contribution in [1.29, 1.82) is 0 Å². The molecule has 4 atom stereocenters. The molecule has 2 fully saturated rings. The van der Waals surface area contributed by atoms with Gasteiger partial charge in [-0.15, -0.1) is 0 Å². The fourth-order valence-corrected chi connectivity index (χ4v) is 4.29. The second kappa shape index (κ2) is 7.49. The molecule has 24 heavy (non-hydrogen) atoms. The summed E-state index contributed by atoms with van der Waals surface area (Å²) in [5.41, 5.74) is 1.30. The first-order valence-corrected chi connectivity index (χ1v) is 8.53. The topological polar surface area (TPSA) is 70.6 Å². The molecule has 1 aromatic carbocycles. The highest BCUT2D eigenvalue weighted by Gasteiger charge is 2.47. The van der Waals surface area contributed by atoms with Gasteiger partial charge in [-0.25, -0.2) is 9.18 Å². The lowest BCUT2D eigenvalue weighted by Gasteiger charge is -2.30. The minimum absolute atomic E-state index is 0.0611. The number of rotatable bonds is 6. The third-order valence-corrected chi connectivity index (χ3v) is 5.46. The van der Waals surface area contributed by atoms with Crippen molar-refractivity contribution in [3.05, 3.63) is 35.1 Å². The fraction of sp³-hybridized carbons (Fsp3) is 0.611. The lowest BCUT2D eigenvalue weighted by atomic mass is 9.85. The standard InChI is InChI=1S/C18H25FN2O3/c1-24-10-14-6-11(2-5-16(14)19)8-20-18(23)21-17-13-4-3-12(7-13)15(17)9-22/h2,5-6,12-13,15,17,22H,3-4,7-10H2,1H3,(H2,20,21,23). The van der Waals surface area contributed by atoms with Crippen molar-refractivity contribution in [2.45, 2.75) is 38.5 Å². The molecule has 2 saturated carbocycles. The number of halogens is 1. The van der Waals surface area contributed by atoms with Crippen LogP contribution in [-0.4, -0.2) is 30.9 Å². The maximum absolute atomic E-state index is 13.6. The van der Waals surface area contributed by atoms with E-state index in [1.807, 2.05) is 0 Å². The molecule has 0 radical (unpaired) electrons. The molecule has 2 aliphatic carbocycles. The highest BCUT2D eigenvalue weighted by atomic mass is 19.1. The summed E-state index contributed by atoms with van der Waals surface area (Å²) >= 11 is 0. The van der Waals surface area contributed by atoms with Crippen molar-refractivity contribution in [1.82, 2.24) is 10.6 Å². The second-order valence-electron chi connectivity index (χ2n) is 6.89. The van der Waals surface area contributed by atoms with E-state index in [1.165, 1.54) is 13.2 Å². The van der Waals surface area contributed by atoms with Crippen molar-refractivity contribution in [2.24, 2.45) is 17.8 Å². The largest absolute Gasteiger partial charge is 0.396 e. The van der Waals surface area contributed by atoms with E-state index >= 15 is 0 Å². The molecule has 3 N–H and O–H groups in total. The number of fused-ring (bicyclic) bond motifs is 2. The molecule has 0 spiro atoms. The molecule has 4 unspecified atom stereocenters. The zero-order valence-corrected chi connectivity index (χ0v) is 13.9. The highest BCUT2D eigenvalue weighted by molar-refractivity contribution is 5.74. The van der Waals surface area contributed by atoms with Crippen molar-refractivity contribution in [3.63, 3.8) is 0 Å². The predicted molar refractivity (Wildman–Crippen MR) is 87.7 cm³/mol. The van der Waals surface area contributed by atoms with Gasteiger partial charge in [0.2, 0.25) is 0 Å². The molecule has 0 aliphatic heterocycles. The Morgan fingerprint density at radius 2 is 2.17 bits per heavy atom. The van der Waals surface area contributed by atoms with E-state index in [4.69, 9.17) is 4.74 Å². The molecule has 3 rings (SSSR count). The predicted octanol–water partition coefficient (Wildman–Crippen LogP) is 2.18. The van der Waals surface area contributed by atoms with Crippen LogP contribution in [0.5, 0.6) is 0 Å². The van der Waals surface area contributed by atoms with E-state index in [9.17, 15) is 14.3 Å². The molecule has 0 heterocycles. The molecule has 2 aliphatic rings. The molecular formula is C18H25FN2O3. The van der Waals surface area contributed by atoms with Gasteiger partial charge in [0.25, 0.3) is 0 Å². The number of benzene rings is 1. The summed E-state index contributed by atoms with van der Waals surface area (Å²) in [6.45, 7) is 0.660. The van der Waals surface area contributed by atoms with Crippen LogP contribution in [-0.2, 0) is 17.9 Å². The van der Waals surface area contributed by atoms with Gasteiger partial charge in [-0.3, -0.25) is 0 Å². The quantitative estimate of drug-likeness (QED) is 0.746. The molecule has 2 bridgehead atoms. The summed E-state index contributed by atoms with van der Waals surface area (Å²) < 4.78 is 18.6. The highest BCUT2D eigenvalue weighted by Crippen LogP contribution is 2.48. The monoisotopic (exact) mass is 336 g/mol. The van der Waals surface area contributed by atoms with Crippen molar-refractivity contribution in [2.75, 3.05) is 13.7 Å². The Bertz CT molecular complexity index is 596. The molecule has 0 aromatic heterocycles. The number of hydrogen-bond donors (Lipinski definition) is 3. The molecular weight excluding hydrogens is 311 g/mol. The normalized spacial score (nSPS) is 28.1. The number of aliphatic hydroxyl groups excluding tert-OH is 1. The Balaban J connectivity index is 1.53. The van der Waals surface area contributed by atoms with Crippen molar-refractivity contribution in [3.8, 4) is 0 Å². The number of hydrogen-bond acceptors (Lipinski definition) is 3. The number of amides is 2. The van der Waals surface area contributed by atoms with Crippen LogP contribution in [0, 0.1) is 23.6 Å². The zero-order chi connectivity index (χ0) is 17.1. The lowest BCUT2D eigenvalue weighted by molar-refractivity contribution is 0.144. The summed E-state index contributed by atoms with van der Waals surface area (Å²) in [7, 11) is 1.52. The first kappa shape index (κ1) is 17.2. The van der Waals surface area contributed by atoms with Gasteiger partial charge in [-0.05, 0) is 48.8 Å². The molecule has 0 saturated heterocycles. The minimum Gasteiger partial charge on any atom is -0.396 e. The van der Waals surface area contributed by atoms with Gasteiger partial charge in [0.15, 0.2) is 0 Å². The van der Waals surface area contributed by atoms with Crippen molar-refractivity contribution < 1.29 is 19.0 Å². The third kappa shape index (κ3) is 3.54. The van der Waals surface area contributed by atoms with Gasteiger partial charge in [-0.1, -0.05) is 6.07 Å². The van der Waals surface area contributed by atoms with Gasteiger partial charge < -0.3 is 20.5 Å². The van der Waals surface area contributed by atoms with E-state index in [0.29, 0.717) is 23.9 Å². The number of urea groups is 1. The van der Waals surface area contributed by atoms with E-state index in [1.54, 1.807) is 12.1 Å². The Labute approximate surface area is 141 Å². The van der Waals surface area contributed by atoms with Crippen LogP contribution in [0.4, 0.5) is 9.18 Å². The van der Waals surface area contributed by atoms with Crippen LogP contribution in [0.15, 0.2) is 18.2 Å². The number of aliphatic hydroxyl groups is 1. The smallest absolute Gasteiger partial charge is 0.315 e. The number of ether oxygens (including phenoxy) is 1. The minimum atomic E-state index is -0.308. The van der Waals surface area contributed by atoms with Gasteiger partial charge in [-0.2, -0.15) is 0 Å². The van der Waals surface area contributed by atoms with E-state index in [0.717, 1.165) is 24.8 Å². The van der Waals surface area contributed by atoms with Gasteiger partial charge in [0.1, 0.15) is 5.82 Å². The first-order chi connectivity index (χ1) is 11.6. The molecule has 1 aromatic rings. The number of carbonyl (C=O) groups excluding carboxylic acids is 1. The number of nitrogens with one attached hydrogen (secondary N) is 2. The molecule has 132 valence electrons. The Kier molecular flexibility index (Phi) is 5.36. The average molecular weight is 336 g/mol. The summed E-state index contributed by atoms with van der Waals surface area (Å²) in [4.78, 5) is 12.2. The Hall–Kier alpha value is -1.66. The lowest BCUT2D eigenvalue weighted by Crippen LogP contribution is -2.48. The Morgan fingerprint density at radius 3 is 2.92 bits per heavy atom. The average Bonchev–Trinajstić information content (AvgIpc) is 3.17. The Morgan fingerprint density at radius 1 is 1.38 bits per heavy atom. The summed E-state index contributed by atoms with van der Waals surface area (Å²) in [5, 5.41) is 15.4. The third-order valence-electron chi connectivity index (χ3n) is 5.46.